The second-order valence-corrected chi connectivity index (χ2v) is 13.2. The lowest BCUT2D eigenvalue weighted by Crippen LogP contribution is -2.52. The number of imide groups is 1. The van der Waals surface area contributed by atoms with E-state index in [9.17, 15) is 19.2 Å². The number of fused-ring (bicyclic) bond motifs is 1. The summed E-state index contributed by atoms with van der Waals surface area (Å²) in [6, 6.07) is 5.64. The van der Waals surface area contributed by atoms with E-state index < -0.39 is 17.6 Å². The molecule has 4 aliphatic rings. The summed E-state index contributed by atoms with van der Waals surface area (Å²) in [6.07, 6.45) is 8.19. The lowest BCUT2D eigenvalue weighted by molar-refractivity contribution is -0.136. The summed E-state index contributed by atoms with van der Waals surface area (Å²) in [5.41, 5.74) is 2.14. The van der Waals surface area contributed by atoms with Gasteiger partial charge in [0, 0.05) is 61.6 Å². The molecular weight excluding hydrogens is 536 g/mol. The molecule has 1 unspecified atom stereocenters. The summed E-state index contributed by atoms with van der Waals surface area (Å²) < 4.78 is 11.0. The maximum absolute atomic E-state index is 13.5. The van der Waals surface area contributed by atoms with E-state index in [-0.39, 0.29) is 36.4 Å². The standard InChI is InChI=1S/C32H46N4O6/c1-32(2,3)42-31(40)33-22-9-11-23(12-10-22)35(17-5-6-21-15-18-41-19-16-21)26-8-4-7-24-25(26)20-36(30(24)39)27-13-14-28(37)34-29(27)38/h4,7-8,21-23,27H,5-6,9-20H2,1-3H3,(H,33,40)(H,34,37,38). The third-order valence-corrected chi connectivity index (χ3v) is 9.08. The summed E-state index contributed by atoms with van der Waals surface area (Å²) in [4.78, 5) is 54.4. The first-order valence-corrected chi connectivity index (χ1v) is 15.7. The van der Waals surface area contributed by atoms with E-state index in [2.05, 4.69) is 21.6 Å². The summed E-state index contributed by atoms with van der Waals surface area (Å²) in [5.74, 6) is -0.138. The first-order valence-electron chi connectivity index (χ1n) is 15.7. The minimum Gasteiger partial charge on any atom is -0.444 e. The average Bonchev–Trinajstić information content (AvgIpc) is 3.27. The number of ether oxygens (including phenoxy) is 2. The fraction of sp³-hybridized carbons (Fsp3) is 0.688. The number of benzene rings is 1. The van der Waals surface area contributed by atoms with Crippen LogP contribution in [-0.2, 0) is 25.6 Å². The van der Waals surface area contributed by atoms with Gasteiger partial charge >= 0.3 is 6.09 Å². The van der Waals surface area contributed by atoms with Crippen LogP contribution in [-0.4, -0.2) is 72.2 Å². The van der Waals surface area contributed by atoms with Crippen LogP contribution < -0.4 is 15.5 Å². The van der Waals surface area contributed by atoms with Gasteiger partial charge < -0.3 is 24.6 Å². The Morgan fingerprint density at radius 1 is 1.07 bits per heavy atom. The normalized spacial score (nSPS) is 25.2. The molecule has 0 bridgehead atoms. The van der Waals surface area contributed by atoms with Gasteiger partial charge in [-0.2, -0.15) is 0 Å². The second-order valence-electron chi connectivity index (χ2n) is 13.2. The zero-order chi connectivity index (χ0) is 29.9. The molecule has 230 valence electrons. The Morgan fingerprint density at radius 3 is 2.50 bits per heavy atom. The first kappa shape index (κ1) is 30.3. The van der Waals surface area contributed by atoms with Crippen LogP contribution in [0, 0.1) is 5.92 Å². The highest BCUT2D eigenvalue weighted by molar-refractivity contribution is 6.06. The van der Waals surface area contributed by atoms with E-state index in [0.29, 0.717) is 24.4 Å². The Balaban J connectivity index is 1.31. The van der Waals surface area contributed by atoms with Crippen molar-refractivity contribution in [2.24, 2.45) is 5.92 Å². The minimum atomic E-state index is -0.633. The molecule has 10 heteroatoms. The fourth-order valence-corrected chi connectivity index (χ4v) is 6.93. The summed E-state index contributed by atoms with van der Waals surface area (Å²) in [5, 5.41) is 5.45. The molecular formula is C32H46N4O6. The van der Waals surface area contributed by atoms with Crippen LogP contribution in [0.3, 0.4) is 0 Å². The molecule has 3 fully saturated rings. The van der Waals surface area contributed by atoms with E-state index in [1.165, 1.54) is 0 Å². The van der Waals surface area contributed by atoms with Crippen LogP contribution in [0.15, 0.2) is 18.2 Å². The summed E-state index contributed by atoms with van der Waals surface area (Å²) in [7, 11) is 0. The van der Waals surface area contributed by atoms with E-state index >= 15 is 0 Å². The Morgan fingerprint density at radius 2 is 1.81 bits per heavy atom. The number of alkyl carbamates (subject to hydrolysis) is 1. The molecule has 2 saturated heterocycles. The van der Waals surface area contributed by atoms with E-state index in [1.807, 2.05) is 32.9 Å². The molecule has 0 radical (unpaired) electrons. The van der Waals surface area contributed by atoms with E-state index in [1.54, 1.807) is 4.90 Å². The molecule has 42 heavy (non-hydrogen) atoms. The van der Waals surface area contributed by atoms with Crippen molar-refractivity contribution >= 4 is 29.5 Å². The van der Waals surface area contributed by atoms with Gasteiger partial charge in [-0.1, -0.05) is 6.07 Å². The molecule has 0 spiro atoms. The molecule has 5 rings (SSSR count). The zero-order valence-corrected chi connectivity index (χ0v) is 25.3. The molecule has 0 aromatic heterocycles. The lowest BCUT2D eigenvalue weighted by atomic mass is 9.88. The van der Waals surface area contributed by atoms with E-state index in [0.717, 1.165) is 82.4 Å². The third kappa shape index (κ3) is 7.25. The number of nitrogens with zero attached hydrogens (tertiary/aromatic N) is 2. The van der Waals surface area contributed by atoms with Gasteiger partial charge in [0.15, 0.2) is 0 Å². The molecule has 1 aliphatic carbocycles. The maximum Gasteiger partial charge on any atom is 0.407 e. The highest BCUT2D eigenvalue weighted by Gasteiger charge is 2.41. The van der Waals surface area contributed by atoms with Crippen LogP contribution in [0.1, 0.15) is 101 Å². The lowest BCUT2D eigenvalue weighted by Gasteiger charge is -2.40. The van der Waals surface area contributed by atoms with Crippen molar-refractivity contribution in [3.05, 3.63) is 29.3 Å². The van der Waals surface area contributed by atoms with Crippen LogP contribution in [0.4, 0.5) is 10.5 Å². The van der Waals surface area contributed by atoms with Crippen molar-refractivity contribution in [1.82, 2.24) is 15.5 Å². The molecule has 1 saturated carbocycles. The first-order chi connectivity index (χ1) is 20.1. The van der Waals surface area contributed by atoms with Crippen molar-refractivity contribution < 1.29 is 28.7 Å². The van der Waals surface area contributed by atoms with Crippen molar-refractivity contribution in [2.45, 2.75) is 115 Å². The van der Waals surface area contributed by atoms with Gasteiger partial charge in [-0.15, -0.1) is 0 Å². The molecule has 1 aromatic carbocycles. The van der Waals surface area contributed by atoms with Crippen LogP contribution in [0.5, 0.6) is 0 Å². The monoisotopic (exact) mass is 582 g/mol. The fourth-order valence-electron chi connectivity index (χ4n) is 6.93. The second kappa shape index (κ2) is 13.0. The smallest absolute Gasteiger partial charge is 0.407 e. The summed E-state index contributed by atoms with van der Waals surface area (Å²) >= 11 is 0. The zero-order valence-electron chi connectivity index (χ0n) is 25.3. The number of carbonyl (C=O) groups is 4. The third-order valence-electron chi connectivity index (χ3n) is 9.08. The molecule has 2 N–H and O–H groups in total. The predicted molar refractivity (Wildman–Crippen MR) is 158 cm³/mol. The number of anilines is 1. The molecule has 3 heterocycles. The van der Waals surface area contributed by atoms with Crippen molar-refractivity contribution in [2.75, 3.05) is 24.7 Å². The van der Waals surface area contributed by atoms with Gasteiger partial charge in [0.1, 0.15) is 11.6 Å². The topological polar surface area (TPSA) is 117 Å². The largest absolute Gasteiger partial charge is 0.444 e. The van der Waals surface area contributed by atoms with Crippen molar-refractivity contribution in [1.29, 1.82) is 0 Å². The number of hydrogen-bond donors (Lipinski definition) is 2. The molecule has 10 nitrogen and oxygen atoms in total. The number of rotatable bonds is 8. The van der Waals surface area contributed by atoms with Gasteiger partial charge in [0.05, 0.1) is 0 Å². The average molecular weight is 583 g/mol. The van der Waals surface area contributed by atoms with Crippen molar-refractivity contribution in [3.63, 3.8) is 0 Å². The Kier molecular flexibility index (Phi) is 9.40. The molecule has 4 amide bonds. The van der Waals surface area contributed by atoms with Crippen LogP contribution in [0.2, 0.25) is 0 Å². The quantitative estimate of drug-likeness (QED) is 0.439. The molecule has 1 atom stereocenters. The van der Waals surface area contributed by atoms with E-state index in [4.69, 9.17) is 9.47 Å². The SMILES string of the molecule is CC(C)(C)OC(=O)NC1CCC(N(CCCC2CCOCC2)c2cccc3c2CN(C2CCC(=O)NC2=O)C3=O)CC1. The Hall–Kier alpha value is -3.14. The van der Waals surface area contributed by atoms with Gasteiger partial charge in [0.2, 0.25) is 11.8 Å². The van der Waals surface area contributed by atoms with Gasteiger partial charge in [-0.25, -0.2) is 4.79 Å². The number of amides is 4. The Labute approximate surface area is 248 Å². The highest BCUT2D eigenvalue weighted by Crippen LogP contribution is 2.37. The highest BCUT2D eigenvalue weighted by atomic mass is 16.6. The van der Waals surface area contributed by atoms with Crippen molar-refractivity contribution in [3.8, 4) is 0 Å². The van der Waals surface area contributed by atoms with Crippen LogP contribution >= 0.6 is 0 Å². The number of nitrogens with one attached hydrogen (secondary N) is 2. The van der Waals surface area contributed by atoms with Crippen LogP contribution in [0.25, 0.3) is 0 Å². The summed E-state index contributed by atoms with van der Waals surface area (Å²) in [6.45, 7) is 8.53. The van der Waals surface area contributed by atoms with Gasteiger partial charge in [-0.05, 0) is 96.6 Å². The molecule has 1 aromatic rings. The number of piperidine rings is 1. The maximum atomic E-state index is 13.5. The Bertz CT molecular complexity index is 1170. The number of hydrogen-bond acceptors (Lipinski definition) is 7. The van der Waals surface area contributed by atoms with Gasteiger partial charge in [0.25, 0.3) is 5.91 Å². The number of carbonyl (C=O) groups excluding carboxylic acids is 4. The predicted octanol–water partition coefficient (Wildman–Crippen LogP) is 4.30. The minimum absolute atomic E-state index is 0.0753. The molecule has 3 aliphatic heterocycles. The van der Waals surface area contributed by atoms with Gasteiger partial charge in [-0.3, -0.25) is 19.7 Å².